The van der Waals surface area contributed by atoms with Gasteiger partial charge in [0, 0.05) is 30.3 Å². The number of nitrogens with zero attached hydrogens (tertiary/aromatic N) is 1. The summed E-state index contributed by atoms with van der Waals surface area (Å²) in [5.41, 5.74) is 1.60. The summed E-state index contributed by atoms with van der Waals surface area (Å²) in [7, 11) is 0. The van der Waals surface area contributed by atoms with E-state index in [1.165, 1.54) is 25.7 Å². The Labute approximate surface area is 126 Å². The van der Waals surface area contributed by atoms with Crippen LogP contribution in [-0.2, 0) is 4.79 Å². The first-order valence-electron chi connectivity index (χ1n) is 7.78. The molecule has 1 N–H and O–H groups in total. The number of ether oxygens (including phenoxy) is 1. The van der Waals surface area contributed by atoms with Crippen molar-refractivity contribution >= 4 is 11.7 Å². The van der Waals surface area contributed by atoms with Crippen LogP contribution in [0.1, 0.15) is 39.5 Å². The second-order valence-corrected chi connectivity index (χ2v) is 6.04. The zero-order valence-electron chi connectivity index (χ0n) is 13.0. The molecule has 0 bridgehead atoms. The molecule has 1 heterocycles. The fourth-order valence-electron chi connectivity index (χ4n) is 3.36. The number of carboxylic acids is 1. The fourth-order valence-corrected chi connectivity index (χ4v) is 3.36. The number of carboxylic acid groups (broad SMARTS) is 1. The lowest BCUT2D eigenvalue weighted by molar-refractivity contribution is -0.139. The lowest BCUT2D eigenvalue weighted by Gasteiger charge is -2.52. The summed E-state index contributed by atoms with van der Waals surface area (Å²) in [6.07, 6.45) is 5.03. The maximum absolute atomic E-state index is 10.6. The molecular formula is C17H25NO3. The van der Waals surface area contributed by atoms with Gasteiger partial charge in [-0.2, -0.15) is 0 Å². The van der Waals surface area contributed by atoms with Crippen LogP contribution < -0.4 is 9.64 Å². The summed E-state index contributed by atoms with van der Waals surface area (Å²) in [6.45, 7) is 6.40. The number of rotatable bonds is 8. The molecule has 2 rings (SSSR count). The Morgan fingerprint density at radius 3 is 2.52 bits per heavy atom. The van der Waals surface area contributed by atoms with Gasteiger partial charge < -0.3 is 14.7 Å². The minimum absolute atomic E-state index is 0.293. The molecule has 116 valence electrons. The quantitative estimate of drug-likeness (QED) is 0.795. The van der Waals surface area contributed by atoms with E-state index >= 15 is 0 Å². The normalized spacial score (nSPS) is 16.4. The Kier molecular flexibility index (Phi) is 5.10. The van der Waals surface area contributed by atoms with Crippen molar-refractivity contribution in [2.45, 2.75) is 39.5 Å². The molecule has 0 amide bonds. The van der Waals surface area contributed by atoms with E-state index in [0.29, 0.717) is 11.2 Å². The molecule has 0 atom stereocenters. The van der Waals surface area contributed by atoms with Gasteiger partial charge in [-0.3, -0.25) is 0 Å². The first kappa shape index (κ1) is 15.7. The van der Waals surface area contributed by atoms with Crippen molar-refractivity contribution in [1.82, 2.24) is 0 Å². The third-order valence-electron chi connectivity index (χ3n) is 4.16. The van der Waals surface area contributed by atoms with E-state index in [0.717, 1.165) is 18.8 Å². The summed E-state index contributed by atoms with van der Waals surface area (Å²) in [5.74, 6) is -0.326. The molecule has 1 aromatic rings. The van der Waals surface area contributed by atoms with E-state index < -0.39 is 5.97 Å². The molecule has 0 aliphatic carbocycles. The fraction of sp³-hybridized carbons (Fsp3) is 0.588. The highest BCUT2D eigenvalue weighted by Crippen LogP contribution is 2.42. The summed E-state index contributed by atoms with van der Waals surface area (Å²) < 4.78 is 5.25. The second-order valence-electron chi connectivity index (χ2n) is 6.04. The molecule has 1 fully saturated rings. The van der Waals surface area contributed by atoms with E-state index in [-0.39, 0.29) is 6.61 Å². The predicted octanol–water partition coefficient (Wildman–Crippen LogP) is 3.56. The molecule has 1 aliphatic rings. The first-order valence-corrected chi connectivity index (χ1v) is 7.78. The second kappa shape index (κ2) is 6.83. The standard InChI is InChI=1S/C17H25NO3/c1-3-8-17(9-4-2)12-18(13-17)14-6-5-7-15(10-14)21-11-16(19)20/h5-7,10H,3-4,8-9,11-13H2,1-2H3,(H,19,20). The largest absolute Gasteiger partial charge is 0.482 e. The summed E-state index contributed by atoms with van der Waals surface area (Å²) in [4.78, 5) is 12.9. The topological polar surface area (TPSA) is 49.8 Å². The van der Waals surface area contributed by atoms with Gasteiger partial charge in [0.25, 0.3) is 0 Å². The van der Waals surface area contributed by atoms with Crippen LogP contribution in [0.4, 0.5) is 5.69 Å². The van der Waals surface area contributed by atoms with Crippen molar-refractivity contribution in [3.05, 3.63) is 24.3 Å². The SMILES string of the molecule is CCCC1(CCC)CN(c2cccc(OCC(=O)O)c2)C1. The van der Waals surface area contributed by atoms with Crippen LogP contribution in [0, 0.1) is 5.41 Å². The number of hydrogen-bond acceptors (Lipinski definition) is 3. The van der Waals surface area contributed by atoms with Crippen LogP contribution in [0.25, 0.3) is 0 Å². The van der Waals surface area contributed by atoms with Crippen LogP contribution in [0.5, 0.6) is 5.75 Å². The molecule has 0 unspecified atom stereocenters. The van der Waals surface area contributed by atoms with E-state index in [1.807, 2.05) is 12.1 Å². The van der Waals surface area contributed by atoms with Gasteiger partial charge in [-0.25, -0.2) is 4.79 Å². The third-order valence-corrected chi connectivity index (χ3v) is 4.16. The molecule has 0 spiro atoms. The van der Waals surface area contributed by atoms with Gasteiger partial charge in [0.1, 0.15) is 5.75 Å². The van der Waals surface area contributed by atoms with Crippen molar-refractivity contribution in [2.24, 2.45) is 5.41 Å². The van der Waals surface area contributed by atoms with Gasteiger partial charge in [-0.1, -0.05) is 32.8 Å². The minimum Gasteiger partial charge on any atom is -0.482 e. The highest BCUT2D eigenvalue weighted by atomic mass is 16.5. The highest BCUT2D eigenvalue weighted by Gasteiger charge is 2.41. The Morgan fingerprint density at radius 1 is 1.29 bits per heavy atom. The average Bonchev–Trinajstić information content (AvgIpc) is 2.42. The smallest absolute Gasteiger partial charge is 0.341 e. The van der Waals surface area contributed by atoms with E-state index in [9.17, 15) is 4.79 Å². The lowest BCUT2D eigenvalue weighted by atomic mass is 9.72. The van der Waals surface area contributed by atoms with Crippen molar-refractivity contribution in [2.75, 3.05) is 24.6 Å². The Balaban J connectivity index is 1.97. The van der Waals surface area contributed by atoms with Crippen molar-refractivity contribution in [3.8, 4) is 5.75 Å². The molecule has 0 aromatic heterocycles. The Hall–Kier alpha value is -1.71. The number of aliphatic carboxylic acids is 1. The highest BCUT2D eigenvalue weighted by molar-refractivity contribution is 5.68. The van der Waals surface area contributed by atoms with E-state index in [4.69, 9.17) is 9.84 Å². The minimum atomic E-state index is -0.950. The maximum atomic E-state index is 10.6. The van der Waals surface area contributed by atoms with Gasteiger partial charge in [0.2, 0.25) is 0 Å². The van der Waals surface area contributed by atoms with Gasteiger partial charge in [0.15, 0.2) is 6.61 Å². The van der Waals surface area contributed by atoms with Crippen LogP contribution in [0.15, 0.2) is 24.3 Å². The first-order chi connectivity index (χ1) is 10.1. The van der Waals surface area contributed by atoms with Crippen molar-refractivity contribution < 1.29 is 14.6 Å². The molecule has 1 saturated heterocycles. The predicted molar refractivity (Wildman–Crippen MR) is 84.0 cm³/mol. The molecule has 0 saturated carbocycles. The third kappa shape index (κ3) is 3.90. The average molecular weight is 291 g/mol. The molecule has 1 aliphatic heterocycles. The zero-order chi connectivity index (χ0) is 15.3. The maximum Gasteiger partial charge on any atom is 0.341 e. The van der Waals surface area contributed by atoms with E-state index in [1.54, 1.807) is 6.07 Å². The molecular weight excluding hydrogens is 266 g/mol. The lowest BCUT2D eigenvalue weighted by Crippen LogP contribution is -2.56. The van der Waals surface area contributed by atoms with Gasteiger partial charge >= 0.3 is 5.97 Å². The molecule has 4 nitrogen and oxygen atoms in total. The van der Waals surface area contributed by atoms with Crippen molar-refractivity contribution in [1.29, 1.82) is 0 Å². The van der Waals surface area contributed by atoms with Crippen LogP contribution >= 0.6 is 0 Å². The summed E-state index contributed by atoms with van der Waals surface area (Å²) in [5, 5.41) is 8.66. The van der Waals surface area contributed by atoms with Crippen LogP contribution in [0.3, 0.4) is 0 Å². The van der Waals surface area contributed by atoms with Crippen LogP contribution in [0.2, 0.25) is 0 Å². The number of anilines is 1. The van der Waals surface area contributed by atoms with E-state index in [2.05, 4.69) is 24.8 Å². The number of carbonyl (C=O) groups is 1. The van der Waals surface area contributed by atoms with Gasteiger partial charge in [0.05, 0.1) is 0 Å². The zero-order valence-corrected chi connectivity index (χ0v) is 13.0. The monoisotopic (exact) mass is 291 g/mol. The van der Waals surface area contributed by atoms with Crippen molar-refractivity contribution in [3.63, 3.8) is 0 Å². The summed E-state index contributed by atoms with van der Waals surface area (Å²) in [6, 6.07) is 7.73. The van der Waals surface area contributed by atoms with Crippen LogP contribution in [-0.4, -0.2) is 30.8 Å². The summed E-state index contributed by atoms with van der Waals surface area (Å²) >= 11 is 0. The Bertz CT molecular complexity index is 473. The molecule has 0 radical (unpaired) electrons. The molecule has 4 heteroatoms. The molecule has 21 heavy (non-hydrogen) atoms. The molecule has 1 aromatic carbocycles. The van der Waals surface area contributed by atoms with Gasteiger partial charge in [-0.05, 0) is 25.0 Å². The Morgan fingerprint density at radius 2 is 1.95 bits per heavy atom. The number of benzene rings is 1. The van der Waals surface area contributed by atoms with Gasteiger partial charge in [-0.15, -0.1) is 0 Å². The number of hydrogen-bond donors (Lipinski definition) is 1.